The maximum atomic E-state index is 14.5. The number of hydrogen-bond acceptors (Lipinski definition) is 21. The highest BCUT2D eigenvalue weighted by Crippen LogP contribution is 2.50. The van der Waals surface area contributed by atoms with Gasteiger partial charge in [0.2, 0.25) is 47.3 Å². The largest absolute Gasteiger partial charge is 0.495 e. The summed E-state index contributed by atoms with van der Waals surface area (Å²) in [6.07, 6.45) is 8.82. The number of ether oxygens (including phenoxy) is 7. The number of halogens is 1. The van der Waals surface area contributed by atoms with Crippen LogP contribution < -0.4 is 30.9 Å². The first-order valence-corrected chi connectivity index (χ1v) is 38.2. The summed E-state index contributed by atoms with van der Waals surface area (Å²) in [5.74, 6) is -2.19. The zero-order chi connectivity index (χ0) is 72.9. The van der Waals surface area contributed by atoms with E-state index in [4.69, 9.17) is 44.8 Å². The van der Waals surface area contributed by atoms with Crippen molar-refractivity contribution < 1.29 is 86.2 Å². The molecule has 6 aliphatic rings. The smallest absolute Gasteiger partial charge is 0.409 e. The number of imide groups is 1. The van der Waals surface area contributed by atoms with Crippen molar-refractivity contribution in [1.29, 1.82) is 0 Å². The minimum Gasteiger partial charge on any atom is -0.495 e. The van der Waals surface area contributed by atoms with E-state index in [1.807, 2.05) is 36.5 Å². The molecule has 0 radical (unpaired) electrons. The number of fused-ring (bicyclic) bond motifs is 8. The number of aliphatic hydroxyl groups is 1. The second-order valence-corrected chi connectivity index (χ2v) is 32.5. The fraction of sp³-hybridized carbons (Fsp3) is 0.714. The summed E-state index contributed by atoms with van der Waals surface area (Å²) in [6.45, 7) is 12.0. The Kier molecular flexibility index (Phi) is 31.6. The van der Waals surface area contributed by atoms with Crippen molar-refractivity contribution >= 4 is 112 Å². The van der Waals surface area contributed by atoms with E-state index in [0.29, 0.717) is 41.2 Å². The van der Waals surface area contributed by atoms with Crippen LogP contribution in [0.1, 0.15) is 143 Å². The van der Waals surface area contributed by atoms with Crippen LogP contribution in [0.25, 0.3) is 0 Å². The average Bonchev–Trinajstić information content (AvgIpc) is 1.57. The fourth-order valence-corrected chi connectivity index (χ4v) is 17.4. The second kappa shape index (κ2) is 38.7. The molecule has 0 spiro atoms. The molecule has 1 saturated carbocycles. The number of likely N-dealkylation sites (N-methyl/N-ethyl adjacent to an activating group) is 1. The lowest BCUT2D eigenvalue weighted by Gasteiger charge is -2.42. The molecule has 1 aromatic carbocycles. The molecule has 5 aliphatic heterocycles. The van der Waals surface area contributed by atoms with E-state index in [1.165, 1.54) is 69.0 Å². The van der Waals surface area contributed by atoms with Gasteiger partial charge in [-0.3, -0.25) is 48.6 Å². The molecule has 1 aromatic rings. The number of likely N-dealkylation sites (tertiary alicyclic amines) is 1. The Bertz CT molecular complexity index is 3070. The number of nitrogens with one attached hydrogen (secondary N) is 4. The number of nitrogens with zero attached hydrogens (tertiary/aromatic N) is 4. The lowest BCUT2D eigenvalue weighted by molar-refractivity contribution is -0.162. The van der Waals surface area contributed by atoms with E-state index in [9.17, 15) is 53.1 Å². The molecule has 6 bridgehead atoms. The van der Waals surface area contributed by atoms with Crippen molar-refractivity contribution in [1.82, 2.24) is 36.0 Å². The Morgan fingerprint density at radius 2 is 1.55 bits per heavy atom. The summed E-state index contributed by atoms with van der Waals surface area (Å²) in [5, 5.41) is 23.5. The van der Waals surface area contributed by atoms with Crippen LogP contribution in [0.2, 0.25) is 5.02 Å². The number of carbonyl (C=O) groups excluding carboxylic acids is 10. The molecule has 1 aliphatic carbocycles. The molecular weight excluding hydrogens is 1370 g/mol. The summed E-state index contributed by atoms with van der Waals surface area (Å²) in [6, 6.07) is 2.33. The standard InChI is InChI=1S/C70H105ClN8O18S3/c1-44-15-14-18-54(92-10)70(90)42-52(95-67(89)75-70)45(2)64-69(6,97-64)55(41-60(84)77(8)50-38-47(37-44)39-51(91-9)63(50)71)96-66(88)46(3)76(7)62(86)43-68(4,5)100-53-40-61(85)79(65(53)87)30-32-94-34-33-93-31-27-74-56(80)21-22-59(83)78-28-25-72-57(81)23-35-98-48-16-12-11-13-17-49(20-19-48)99-36-24-58(82)73-26-29-78/h14-15,18,38-39,45-46,48-49,52-55,64,90H,11-13,16-17,19-37,40-43H2,1-10H3,(H,72,81)(H,73,82)(H,74,80)(H,75,89)/b18-14+,44-15+/t45-,46+,48?,49?,52+,53?,54-,55+,64+,69+,70+/m1/s1. The number of methoxy groups -OCH3 is 2. The van der Waals surface area contributed by atoms with Gasteiger partial charge in [0.05, 0.1) is 63.5 Å². The van der Waals surface area contributed by atoms with Gasteiger partial charge in [-0.1, -0.05) is 75.4 Å². The molecular formula is C70H105ClN8O18S3. The molecule has 100 heavy (non-hydrogen) atoms. The zero-order valence-corrected chi connectivity index (χ0v) is 62.9. The van der Waals surface area contributed by atoms with Crippen LogP contribution in [0.15, 0.2) is 35.9 Å². The molecule has 26 nitrogen and oxygen atoms in total. The average molecular weight is 1480 g/mol. The van der Waals surface area contributed by atoms with Crippen molar-refractivity contribution in [2.24, 2.45) is 5.92 Å². The van der Waals surface area contributed by atoms with Crippen molar-refractivity contribution in [3.8, 4) is 5.75 Å². The lowest BCUT2D eigenvalue weighted by atomic mass is 9.83. The highest BCUT2D eigenvalue weighted by Gasteiger charge is 2.64. The zero-order valence-electron chi connectivity index (χ0n) is 59.7. The van der Waals surface area contributed by atoms with E-state index < -0.39 is 99.8 Å². The Morgan fingerprint density at radius 1 is 0.900 bits per heavy atom. The number of epoxide rings is 1. The number of hydrogen-bond donors (Lipinski definition) is 5. The number of rotatable bonds is 21. The first kappa shape index (κ1) is 81.6. The quantitative estimate of drug-likeness (QED) is 0.0391. The van der Waals surface area contributed by atoms with Gasteiger partial charge in [0, 0.05) is 132 Å². The van der Waals surface area contributed by atoms with Crippen LogP contribution in [0, 0.1) is 5.92 Å². The molecule has 0 aromatic heterocycles. The van der Waals surface area contributed by atoms with Crippen LogP contribution in [0.4, 0.5) is 10.5 Å². The number of benzene rings is 1. The van der Waals surface area contributed by atoms with E-state index in [-0.39, 0.29) is 126 Å². The molecule has 30 heteroatoms. The van der Waals surface area contributed by atoms with Crippen molar-refractivity contribution in [2.45, 2.75) is 207 Å². The van der Waals surface area contributed by atoms with Gasteiger partial charge in [0.25, 0.3) is 0 Å². The number of allylic oxidation sites excluding steroid dienone is 3. The van der Waals surface area contributed by atoms with Crippen LogP contribution >= 0.6 is 46.9 Å². The molecule has 3 unspecified atom stereocenters. The van der Waals surface area contributed by atoms with Gasteiger partial charge in [0.15, 0.2) is 5.72 Å². The number of amides is 9. The molecule has 11 atom stereocenters. The van der Waals surface area contributed by atoms with Gasteiger partial charge in [0.1, 0.15) is 40.7 Å². The predicted molar refractivity (Wildman–Crippen MR) is 383 cm³/mol. The van der Waals surface area contributed by atoms with E-state index in [1.54, 1.807) is 63.9 Å². The molecule has 558 valence electrons. The molecule has 9 amide bonds. The summed E-state index contributed by atoms with van der Waals surface area (Å²) in [7, 11) is 5.86. The van der Waals surface area contributed by atoms with Gasteiger partial charge >= 0.3 is 12.1 Å². The number of carbonyl (C=O) groups is 10. The van der Waals surface area contributed by atoms with Crippen LogP contribution in [0.5, 0.6) is 5.75 Å². The second-order valence-electron chi connectivity index (χ2n) is 27.4. The molecule has 5 fully saturated rings. The maximum Gasteiger partial charge on any atom is 0.409 e. The van der Waals surface area contributed by atoms with Crippen LogP contribution in [-0.4, -0.2) is 247 Å². The summed E-state index contributed by atoms with van der Waals surface area (Å²) < 4.78 is 40.0. The van der Waals surface area contributed by atoms with Gasteiger partial charge in [-0.25, -0.2) is 9.59 Å². The molecule has 4 saturated heterocycles. The van der Waals surface area contributed by atoms with Crippen LogP contribution in [0.3, 0.4) is 0 Å². The number of alkyl carbamates (subject to hydrolysis) is 1. The highest BCUT2D eigenvalue weighted by molar-refractivity contribution is 8.02. The summed E-state index contributed by atoms with van der Waals surface area (Å²) in [4.78, 5) is 140. The van der Waals surface area contributed by atoms with E-state index in [2.05, 4.69) is 21.3 Å². The molecule has 5 heterocycles. The van der Waals surface area contributed by atoms with Gasteiger partial charge < -0.3 is 68.9 Å². The van der Waals surface area contributed by atoms with Crippen molar-refractivity contribution in [3.63, 3.8) is 0 Å². The van der Waals surface area contributed by atoms with Crippen molar-refractivity contribution in [2.75, 3.05) is 110 Å². The van der Waals surface area contributed by atoms with Gasteiger partial charge in [-0.05, 0) is 70.6 Å². The monoisotopic (exact) mass is 1480 g/mol. The fourth-order valence-electron chi connectivity index (χ4n) is 13.1. The first-order chi connectivity index (χ1) is 47.5. The van der Waals surface area contributed by atoms with Gasteiger partial charge in [-0.2, -0.15) is 23.5 Å². The number of esters is 1. The Hall–Kier alpha value is -5.66. The minimum absolute atomic E-state index is 0.00751. The summed E-state index contributed by atoms with van der Waals surface area (Å²) >= 11 is 11.8. The van der Waals surface area contributed by atoms with Gasteiger partial charge in [-0.15, -0.1) is 11.8 Å². The summed E-state index contributed by atoms with van der Waals surface area (Å²) in [5.41, 5.74) is -1.28. The first-order valence-electron chi connectivity index (χ1n) is 34.9. The normalized spacial score (nSPS) is 28.5. The SMILES string of the molecule is COc1cc2cc(c1Cl)N(C)C(=O)C[C@H](OC(=O)[C@H](C)N(C)C(=O)CC(C)(C)SC1CC(=O)N(CCOCCOCCNC(=O)CCC(=O)N3CCNC(=O)CCSC4CCCCCC(CC4)SCCC(=O)NCC3)C1=O)[C@]1(C)O[C@H]1[C@H](C)[C@@H]1C[C@@](O)(NC(=O)O1)[C@H](OC)/C=C/C=C(\C)C2. The van der Waals surface area contributed by atoms with Crippen LogP contribution in [-0.2, 0) is 78.0 Å². The minimum atomic E-state index is -1.90. The van der Waals surface area contributed by atoms with E-state index in [0.717, 1.165) is 53.2 Å². The molecule has 5 N–H and O–H groups in total. The third kappa shape index (κ3) is 24.0. The third-order valence-electron chi connectivity index (χ3n) is 19.2. The van der Waals surface area contributed by atoms with E-state index >= 15 is 0 Å². The lowest BCUT2D eigenvalue weighted by Crippen LogP contribution is -2.63. The Labute approximate surface area is 605 Å². The number of thioether (sulfide) groups is 3. The Balaban J connectivity index is 0.836. The predicted octanol–water partition coefficient (Wildman–Crippen LogP) is 6.28. The third-order valence-corrected chi connectivity index (χ3v) is 23.8. The topological polar surface area (TPSA) is 320 Å². The molecule has 7 rings (SSSR count). The Morgan fingerprint density at radius 3 is 2.19 bits per heavy atom. The van der Waals surface area contributed by atoms with Crippen molar-refractivity contribution in [3.05, 3.63) is 46.5 Å². The maximum absolute atomic E-state index is 14.5. The highest BCUT2D eigenvalue weighted by atomic mass is 35.5. The number of anilines is 1.